The zero-order chi connectivity index (χ0) is 10.1. The Morgan fingerprint density at radius 1 is 1.54 bits per heavy atom. The number of allylic oxidation sites excluding steroid dienone is 3. The van der Waals surface area contributed by atoms with Gasteiger partial charge in [0.1, 0.15) is 0 Å². The van der Waals surface area contributed by atoms with Crippen molar-refractivity contribution in [2.24, 2.45) is 17.3 Å². The molecule has 1 rings (SSSR count). The number of ether oxygens (including phenoxy) is 1. The lowest BCUT2D eigenvalue weighted by molar-refractivity contribution is -0.143. The first-order valence-electron chi connectivity index (χ1n) is 4.42. The van der Waals surface area contributed by atoms with Crippen LogP contribution in [0.5, 0.6) is 0 Å². The molecule has 1 aliphatic rings. The van der Waals surface area contributed by atoms with Gasteiger partial charge in [0.05, 0.1) is 13.0 Å². The Hall–Kier alpha value is -1.05. The molecule has 0 N–H and O–H groups in total. The minimum absolute atomic E-state index is 0.0219. The van der Waals surface area contributed by atoms with Crippen LogP contribution in [0.1, 0.15) is 13.8 Å². The van der Waals surface area contributed by atoms with Gasteiger partial charge in [-0.3, -0.25) is 4.79 Å². The van der Waals surface area contributed by atoms with Crippen LogP contribution in [0.25, 0.3) is 0 Å². The van der Waals surface area contributed by atoms with Crippen molar-refractivity contribution in [3.63, 3.8) is 0 Å². The molecule has 2 nitrogen and oxygen atoms in total. The molecule has 0 unspecified atom stereocenters. The fourth-order valence-electron chi connectivity index (χ4n) is 1.81. The smallest absolute Gasteiger partial charge is 0.309 e. The zero-order valence-electron chi connectivity index (χ0n) is 8.41. The van der Waals surface area contributed by atoms with Crippen LogP contribution in [-0.4, -0.2) is 13.1 Å². The van der Waals surface area contributed by atoms with Gasteiger partial charge in [-0.25, -0.2) is 0 Å². The van der Waals surface area contributed by atoms with Crippen LogP contribution in [0, 0.1) is 17.3 Å². The van der Waals surface area contributed by atoms with Gasteiger partial charge in [0, 0.05) is 0 Å². The van der Waals surface area contributed by atoms with Crippen molar-refractivity contribution in [3.05, 3.63) is 24.8 Å². The Labute approximate surface area is 79.3 Å². The van der Waals surface area contributed by atoms with E-state index < -0.39 is 0 Å². The summed E-state index contributed by atoms with van der Waals surface area (Å²) in [4.78, 5) is 11.3. The SMILES string of the molecule is C=CC=C[C@@H]1[C@@H](C(=O)OC)C1(C)C. The van der Waals surface area contributed by atoms with Gasteiger partial charge in [0.15, 0.2) is 0 Å². The van der Waals surface area contributed by atoms with E-state index in [-0.39, 0.29) is 17.3 Å². The van der Waals surface area contributed by atoms with E-state index in [0.29, 0.717) is 5.92 Å². The Bertz CT molecular complexity index is 251. The highest BCUT2D eigenvalue weighted by molar-refractivity contribution is 5.78. The second kappa shape index (κ2) is 3.36. The summed E-state index contributed by atoms with van der Waals surface area (Å²) in [5.74, 6) is 0.218. The van der Waals surface area contributed by atoms with Gasteiger partial charge < -0.3 is 4.74 Å². The summed E-state index contributed by atoms with van der Waals surface area (Å²) in [6.07, 6.45) is 5.63. The normalized spacial score (nSPS) is 30.1. The van der Waals surface area contributed by atoms with Crippen molar-refractivity contribution >= 4 is 5.97 Å². The van der Waals surface area contributed by atoms with Crippen LogP contribution in [0.3, 0.4) is 0 Å². The Morgan fingerprint density at radius 3 is 2.62 bits per heavy atom. The van der Waals surface area contributed by atoms with E-state index in [9.17, 15) is 4.79 Å². The number of hydrogen-bond donors (Lipinski definition) is 0. The average Bonchev–Trinajstić information content (AvgIpc) is 2.63. The van der Waals surface area contributed by atoms with Gasteiger partial charge in [0.25, 0.3) is 0 Å². The van der Waals surface area contributed by atoms with Gasteiger partial charge in [0.2, 0.25) is 0 Å². The standard InChI is InChI=1S/C11H16O2/c1-5-6-7-8-9(10(12)13-4)11(8,2)3/h5-9H,1H2,2-4H3/t8-,9+/m1/s1. The zero-order valence-corrected chi connectivity index (χ0v) is 8.41. The van der Waals surface area contributed by atoms with Crippen LogP contribution in [-0.2, 0) is 9.53 Å². The van der Waals surface area contributed by atoms with E-state index in [1.165, 1.54) is 7.11 Å². The third kappa shape index (κ3) is 1.67. The van der Waals surface area contributed by atoms with Crippen molar-refractivity contribution in [1.29, 1.82) is 0 Å². The van der Waals surface area contributed by atoms with Crippen molar-refractivity contribution < 1.29 is 9.53 Å². The summed E-state index contributed by atoms with van der Waals surface area (Å²) < 4.78 is 4.72. The number of carbonyl (C=O) groups excluding carboxylic acids is 1. The minimum Gasteiger partial charge on any atom is -0.469 e. The Morgan fingerprint density at radius 2 is 2.15 bits per heavy atom. The van der Waals surface area contributed by atoms with Gasteiger partial charge in [-0.1, -0.05) is 38.7 Å². The molecule has 0 aliphatic heterocycles. The van der Waals surface area contributed by atoms with Gasteiger partial charge in [-0.05, 0) is 11.3 Å². The van der Waals surface area contributed by atoms with E-state index in [1.807, 2.05) is 12.2 Å². The van der Waals surface area contributed by atoms with E-state index in [4.69, 9.17) is 4.74 Å². The number of rotatable bonds is 3. The molecule has 0 spiro atoms. The molecule has 0 aromatic heterocycles. The van der Waals surface area contributed by atoms with Crippen molar-refractivity contribution in [2.45, 2.75) is 13.8 Å². The second-order valence-corrected chi connectivity index (χ2v) is 3.97. The second-order valence-electron chi connectivity index (χ2n) is 3.97. The number of carbonyl (C=O) groups is 1. The van der Waals surface area contributed by atoms with Crippen molar-refractivity contribution in [1.82, 2.24) is 0 Å². The fraction of sp³-hybridized carbons (Fsp3) is 0.545. The summed E-state index contributed by atoms with van der Waals surface area (Å²) in [6, 6.07) is 0. The van der Waals surface area contributed by atoms with E-state index in [2.05, 4.69) is 20.4 Å². The number of methoxy groups -OCH3 is 1. The predicted molar refractivity (Wildman–Crippen MR) is 52.1 cm³/mol. The Balaban J connectivity index is 2.65. The lowest BCUT2D eigenvalue weighted by Crippen LogP contribution is -2.07. The molecule has 72 valence electrons. The monoisotopic (exact) mass is 180 g/mol. The maximum absolute atomic E-state index is 11.3. The highest BCUT2D eigenvalue weighted by Gasteiger charge is 2.61. The van der Waals surface area contributed by atoms with Crippen molar-refractivity contribution in [3.8, 4) is 0 Å². The molecule has 0 saturated heterocycles. The molecule has 2 atom stereocenters. The summed E-state index contributed by atoms with van der Waals surface area (Å²) in [7, 11) is 1.44. The third-order valence-corrected chi connectivity index (χ3v) is 2.82. The molecule has 0 aromatic carbocycles. The molecule has 0 amide bonds. The minimum atomic E-state index is -0.108. The van der Waals surface area contributed by atoms with Gasteiger partial charge >= 0.3 is 5.97 Å². The van der Waals surface area contributed by atoms with E-state index in [1.54, 1.807) is 6.08 Å². The molecule has 13 heavy (non-hydrogen) atoms. The topological polar surface area (TPSA) is 26.3 Å². The molecule has 0 bridgehead atoms. The number of hydrogen-bond acceptors (Lipinski definition) is 2. The first-order valence-corrected chi connectivity index (χ1v) is 4.42. The third-order valence-electron chi connectivity index (χ3n) is 2.82. The molecular formula is C11H16O2. The van der Waals surface area contributed by atoms with Gasteiger partial charge in [-0.15, -0.1) is 0 Å². The molecule has 1 aliphatic carbocycles. The molecular weight excluding hydrogens is 164 g/mol. The summed E-state index contributed by atoms with van der Waals surface area (Å²) >= 11 is 0. The lowest BCUT2D eigenvalue weighted by Gasteiger charge is -1.98. The van der Waals surface area contributed by atoms with Crippen molar-refractivity contribution in [2.75, 3.05) is 7.11 Å². The molecule has 1 fully saturated rings. The lowest BCUT2D eigenvalue weighted by atomic mass is 10.1. The van der Waals surface area contributed by atoms with E-state index >= 15 is 0 Å². The largest absolute Gasteiger partial charge is 0.469 e. The maximum atomic E-state index is 11.3. The molecule has 1 saturated carbocycles. The predicted octanol–water partition coefficient (Wildman–Crippen LogP) is 2.17. The average molecular weight is 180 g/mol. The first kappa shape index (κ1) is 10.0. The molecule has 0 heterocycles. The van der Waals surface area contributed by atoms with Crippen LogP contribution in [0.4, 0.5) is 0 Å². The fourth-order valence-corrected chi connectivity index (χ4v) is 1.81. The van der Waals surface area contributed by atoms with Crippen LogP contribution < -0.4 is 0 Å². The molecule has 0 radical (unpaired) electrons. The van der Waals surface area contributed by atoms with Gasteiger partial charge in [-0.2, -0.15) is 0 Å². The van der Waals surface area contributed by atoms with Crippen LogP contribution >= 0.6 is 0 Å². The number of esters is 1. The highest BCUT2D eigenvalue weighted by atomic mass is 16.5. The molecule has 0 aromatic rings. The summed E-state index contributed by atoms with van der Waals surface area (Å²) in [6.45, 7) is 7.75. The summed E-state index contributed by atoms with van der Waals surface area (Å²) in [5, 5.41) is 0. The van der Waals surface area contributed by atoms with E-state index in [0.717, 1.165) is 0 Å². The highest BCUT2D eigenvalue weighted by Crippen LogP contribution is 2.59. The summed E-state index contributed by atoms with van der Waals surface area (Å²) in [5.41, 5.74) is 0.0482. The quantitative estimate of drug-likeness (QED) is 0.491. The molecule has 2 heteroatoms. The maximum Gasteiger partial charge on any atom is 0.309 e. The first-order chi connectivity index (χ1) is 6.05. The Kier molecular flexibility index (Phi) is 2.60. The van der Waals surface area contributed by atoms with Crippen LogP contribution in [0.15, 0.2) is 24.8 Å². The van der Waals surface area contributed by atoms with Crippen LogP contribution in [0.2, 0.25) is 0 Å².